The first-order chi connectivity index (χ1) is 14.4. The van der Waals surface area contributed by atoms with Gasteiger partial charge in [0.2, 0.25) is 0 Å². The van der Waals surface area contributed by atoms with E-state index in [1.807, 2.05) is 17.8 Å². The van der Waals surface area contributed by atoms with Gasteiger partial charge in [-0.25, -0.2) is 23.1 Å². The molecule has 1 atom stereocenters. The van der Waals surface area contributed by atoms with Crippen LogP contribution in [0.15, 0.2) is 17.6 Å². The molecule has 3 aromatic heterocycles. The lowest BCUT2D eigenvalue weighted by molar-refractivity contribution is 0.337. The van der Waals surface area contributed by atoms with Crippen molar-refractivity contribution < 1.29 is 8.42 Å². The predicted octanol–water partition coefficient (Wildman–Crippen LogP) is 3.42. The molecule has 0 radical (unpaired) electrons. The molecule has 160 valence electrons. The van der Waals surface area contributed by atoms with Crippen molar-refractivity contribution in [3.05, 3.63) is 39.6 Å². The zero-order valence-corrected chi connectivity index (χ0v) is 19.0. The van der Waals surface area contributed by atoms with Gasteiger partial charge in [-0.05, 0) is 44.7 Å². The van der Waals surface area contributed by atoms with Gasteiger partial charge in [-0.1, -0.05) is 12.8 Å². The van der Waals surface area contributed by atoms with E-state index >= 15 is 0 Å². The summed E-state index contributed by atoms with van der Waals surface area (Å²) in [5, 5.41) is 12.8. The summed E-state index contributed by atoms with van der Waals surface area (Å²) in [6, 6.07) is 2.03. The Labute approximate surface area is 180 Å². The molecule has 4 heterocycles. The molecule has 3 aromatic rings. The molecule has 30 heavy (non-hydrogen) atoms. The Kier molecular flexibility index (Phi) is 4.95. The van der Waals surface area contributed by atoms with E-state index < -0.39 is 9.84 Å². The first kappa shape index (κ1) is 20.1. The Morgan fingerprint density at radius 1 is 1.30 bits per heavy atom. The molecule has 0 spiro atoms. The number of nitrogens with zero attached hydrogens (tertiary/aromatic N) is 4. The molecule has 1 N–H and O–H groups in total. The van der Waals surface area contributed by atoms with Gasteiger partial charge in [-0.2, -0.15) is 5.10 Å². The van der Waals surface area contributed by atoms with Crippen LogP contribution in [-0.2, 0) is 21.9 Å². The van der Waals surface area contributed by atoms with E-state index in [1.165, 1.54) is 17.8 Å². The van der Waals surface area contributed by atoms with Crippen LogP contribution in [0.4, 0.5) is 0 Å². The van der Waals surface area contributed by atoms with Crippen molar-refractivity contribution in [1.29, 1.82) is 0 Å². The van der Waals surface area contributed by atoms with Crippen molar-refractivity contribution in [1.82, 2.24) is 25.1 Å². The van der Waals surface area contributed by atoms with E-state index in [9.17, 15) is 8.42 Å². The average molecular weight is 446 g/mol. The fraction of sp³-hybridized carbons (Fsp3) is 0.571. The fourth-order valence-electron chi connectivity index (χ4n) is 4.82. The third-order valence-corrected chi connectivity index (χ3v) is 9.37. The largest absolute Gasteiger partial charge is 0.301 e. The molecule has 1 aliphatic carbocycles. The second-order valence-corrected chi connectivity index (χ2v) is 11.8. The Bertz CT molecular complexity index is 1190. The smallest absolute Gasteiger partial charge is 0.158 e. The Morgan fingerprint density at radius 3 is 2.77 bits per heavy atom. The summed E-state index contributed by atoms with van der Waals surface area (Å²) in [5.41, 5.74) is 3.84. The predicted molar refractivity (Wildman–Crippen MR) is 118 cm³/mol. The Hall–Kier alpha value is -1.84. The first-order valence-corrected chi connectivity index (χ1v) is 13.3. The molecule has 5 rings (SSSR count). The van der Waals surface area contributed by atoms with Crippen LogP contribution in [0.5, 0.6) is 0 Å². The molecule has 0 amide bonds. The molecule has 1 aliphatic heterocycles. The topological polar surface area (TPSA) is 89.8 Å². The number of hydrogen-bond donors (Lipinski definition) is 1. The summed E-state index contributed by atoms with van der Waals surface area (Å²) >= 11 is 1.75. The van der Waals surface area contributed by atoms with E-state index in [-0.39, 0.29) is 23.1 Å². The third-order valence-electron chi connectivity index (χ3n) is 6.46. The minimum absolute atomic E-state index is 0.0364. The van der Waals surface area contributed by atoms with Gasteiger partial charge >= 0.3 is 0 Å². The maximum atomic E-state index is 11.9. The molecule has 7 nitrogen and oxygen atoms in total. The monoisotopic (exact) mass is 445 g/mol. The van der Waals surface area contributed by atoms with Crippen LogP contribution in [-0.4, -0.2) is 39.7 Å². The molecule has 2 fully saturated rings. The average Bonchev–Trinajstić information content (AvgIpc) is 3.48. The Balaban J connectivity index is 1.40. The lowest BCUT2D eigenvalue weighted by Crippen LogP contribution is -2.39. The number of rotatable bonds is 5. The number of sulfone groups is 1. The van der Waals surface area contributed by atoms with Crippen molar-refractivity contribution in [3.8, 4) is 0 Å². The summed E-state index contributed by atoms with van der Waals surface area (Å²) in [4.78, 5) is 9.47. The number of nitrogens with one attached hydrogen (secondary N) is 1. The number of fused-ring (bicyclic) bond motifs is 1. The van der Waals surface area contributed by atoms with Gasteiger partial charge in [0, 0.05) is 29.2 Å². The second kappa shape index (κ2) is 7.39. The Morgan fingerprint density at radius 2 is 2.10 bits per heavy atom. The number of aryl methyl sites for hydroxylation is 2. The SMILES string of the molecule is Cc1csc(C2(NCc3cnc4c(c3)c(C)nn4[C@@H]3CCS(=O)(=O)C3)CCCC2)n1. The molecule has 1 saturated heterocycles. The van der Waals surface area contributed by atoms with Crippen molar-refractivity contribution in [2.75, 3.05) is 11.5 Å². The van der Waals surface area contributed by atoms with Crippen molar-refractivity contribution in [3.63, 3.8) is 0 Å². The van der Waals surface area contributed by atoms with Gasteiger partial charge in [0.1, 0.15) is 5.01 Å². The molecule has 0 unspecified atom stereocenters. The number of hydrogen-bond acceptors (Lipinski definition) is 7. The summed E-state index contributed by atoms with van der Waals surface area (Å²) in [6.07, 6.45) is 7.18. The zero-order chi connectivity index (χ0) is 20.9. The van der Waals surface area contributed by atoms with Crippen LogP contribution < -0.4 is 5.32 Å². The van der Waals surface area contributed by atoms with E-state index in [4.69, 9.17) is 9.97 Å². The summed E-state index contributed by atoms with van der Waals surface area (Å²) in [6.45, 7) is 4.75. The fourth-order valence-corrected chi connectivity index (χ4v) is 7.55. The van der Waals surface area contributed by atoms with Gasteiger partial charge < -0.3 is 5.32 Å². The highest BCUT2D eigenvalue weighted by atomic mass is 32.2. The molecule has 9 heteroatoms. The zero-order valence-electron chi connectivity index (χ0n) is 17.4. The maximum absolute atomic E-state index is 11.9. The minimum atomic E-state index is -2.96. The normalized spacial score (nSPS) is 22.8. The van der Waals surface area contributed by atoms with Crippen molar-refractivity contribution >= 4 is 32.2 Å². The van der Waals surface area contributed by atoms with Crippen LogP contribution in [0, 0.1) is 13.8 Å². The van der Waals surface area contributed by atoms with E-state index in [0.29, 0.717) is 6.42 Å². The van der Waals surface area contributed by atoms with E-state index in [1.54, 1.807) is 11.3 Å². The maximum Gasteiger partial charge on any atom is 0.158 e. The number of pyridine rings is 1. The van der Waals surface area contributed by atoms with Crippen LogP contribution in [0.1, 0.15) is 60.1 Å². The molecular formula is C21H27N5O2S2. The molecule has 1 saturated carbocycles. The summed E-state index contributed by atoms with van der Waals surface area (Å²) in [5.74, 6) is 0.391. The van der Waals surface area contributed by atoms with Gasteiger partial charge in [0.25, 0.3) is 0 Å². The van der Waals surface area contributed by atoms with Crippen LogP contribution in [0.3, 0.4) is 0 Å². The van der Waals surface area contributed by atoms with Crippen LogP contribution in [0.25, 0.3) is 11.0 Å². The lowest BCUT2D eigenvalue weighted by atomic mass is 9.98. The highest BCUT2D eigenvalue weighted by molar-refractivity contribution is 7.91. The van der Waals surface area contributed by atoms with Crippen molar-refractivity contribution in [2.24, 2.45) is 0 Å². The third kappa shape index (κ3) is 3.56. The second-order valence-electron chi connectivity index (χ2n) is 8.74. The molecule has 0 aromatic carbocycles. The first-order valence-electron chi connectivity index (χ1n) is 10.6. The number of aromatic nitrogens is 4. The summed E-state index contributed by atoms with van der Waals surface area (Å²) in [7, 11) is -2.96. The highest BCUT2D eigenvalue weighted by Gasteiger charge is 2.37. The van der Waals surface area contributed by atoms with E-state index in [0.717, 1.165) is 47.4 Å². The summed E-state index contributed by atoms with van der Waals surface area (Å²) < 4.78 is 25.6. The van der Waals surface area contributed by atoms with Crippen LogP contribution >= 0.6 is 11.3 Å². The molecule has 2 aliphatic rings. The van der Waals surface area contributed by atoms with Crippen molar-refractivity contribution in [2.45, 2.75) is 64.1 Å². The number of thiazole rings is 1. The van der Waals surface area contributed by atoms with Gasteiger partial charge in [-0.15, -0.1) is 11.3 Å². The molecule has 0 bridgehead atoms. The van der Waals surface area contributed by atoms with E-state index in [2.05, 4.69) is 28.8 Å². The standard InChI is InChI=1S/C21H27N5O2S2/c1-14-12-29-20(24-14)21(6-3-4-7-21)23-11-16-9-18-15(2)25-26(19(18)22-10-16)17-5-8-30(27,28)13-17/h9-10,12,17,23H,3-8,11,13H2,1-2H3/t17-/m1/s1. The van der Waals surface area contributed by atoms with Gasteiger partial charge in [-0.3, -0.25) is 0 Å². The van der Waals surface area contributed by atoms with Crippen LogP contribution in [0.2, 0.25) is 0 Å². The quantitative estimate of drug-likeness (QED) is 0.647. The minimum Gasteiger partial charge on any atom is -0.301 e. The van der Waals surface area contributed by atoms with Gasteiger partial charge in [0.05, 0.1) is 28.8 Å². The lowest BCUT2D eigenvalue weighted by Gasteiger charge is -2.28. The van der Waals surface area contributed by atoms with Gasteiger partial charge in [0.15, 0.2) is 15.5 Å². The molecular weight excluding hydrogens is 418 g/mol. The highest BCUT2D eigenvalue weighted by Crippen LogP contribution is 2.40.